The van der Waals surface area contributed by atoms with Gasteiger partial charge in [-0.05, 0) is 85.5 Å². The zero-order chi connectivity index (χ0) is 50.8. The molecule has 5 heterocycles. The van der Waals surface area contributed by atoms with Crippen molar-refractivity contribution in [2.45, 2.75) is 126 Å². The molecule has 0 saturated carbocycles. The van der Waals surface area contributed by atoms with E-state index in [0.29, 0.717) is 48.1 Å². The number of halogens is 2. The van der Waals surface area contributed by atoms with Crippen LogP contribution in [-0.2, 0) is 58.4 Å². The Morgan fingerprint density at radius 2 is 1.66 bits per heavy atom. The number of benzene rings is 3. The van der Waals surface area contributed by atoms with E-state index in [1.165, 1.54) is 15.9 Å². The first-order chi connectivity index (χ1) is 33.8. The number of nitrogens with one attached hydrogen (secondary N) is 4. The number of alkyl halides is 2. The summed E-state index contributed by atoms with van der Waals surface area (Å²) in [7, 11) is -5.85. The molecule has 8 rings (SSSR count). The van der Waals surface area contributed by atoms with Crippen LogP contribution in [0.5, 0.6) is 0 Å². The van der Waals surface area contributed by atoms with Crippen molar-refractivity contribution in [2.24, 2.45) is 5.73 Å². The monoisotopic (exact) mass is 995 g/mol. The maximum atomic E-state index is 14.5. The molecular formula is C50H52F2N7O11P. The predicted octanol–water partition coefficient (Wildman–Crippen LogP) is 4.26. The number of carbonyl (C=O) groups is 8. The third kappa shape index (κ3) is 10.7. The van der Waals surface area contributed by atoms with E-state index in [4.69, 9.17) is 5.73 Å². The number of imide groups is 1. The second kappa shape index (κ2) is 20.7. The Bertz CT molecular complexity index is 2980. The topological polar surface area (TPSA) is 278 Å². The molecule has 21 heteroatoms. The molecule has 4 aliphatic heterocycles. The molecule has 18 nitrogen and oxygen atoms in total. The molecule has 1 aromatic heterocycles. The zero-order valence-corrected chi connectivity index (χ0v) is 39.3. The number of carbonyl (C=O) groups excluding carboxylic acids is 8. The summed E-state index contributed by atoms with van der Waals surface area (Å²) in [5.41, 5.74) is 4.11. The minimum Gasteiger partial charge on any atom is -0.370 e. The van der Waals surface area contributed by atoms with Gasteiger partial charge in [-0.25, -0.2) is 0 Å². The fraction of sp³-hybridized carbons (Fsp3) is 0.400. The van der Waals surface area contributed by atoms with Crippen molar-refractivity contribution < 1.29 is 61.5 Å². The Balaban J connectivity index is 0.843. The second-order valence-electron chi connectivity index (χ2n) is 18.3. The number of hydrogen-bond donors (Lipinski definition) is 7. The Labute approximate surface area is 406 Å². The third-order valence-corrected chi connectivity index (χ3v) is 14.5. The number of nitrogens with two attached hydrogens (primary N) is 1. The molecule has 372 valence electrons. The number of aromatic amines is 1. The zero-order valence-electron chi connectivity index (χ0n) is 38.4. The van der Waals surface area contributed by atoms with Gasteiger partial charge in [0, 0.05) is 66.2 Å². The molecule has 4 aliphatic rings. The Kier molecular flexibility index (Phi) is 14.7. The number of H-pyrrole nitrogens is 1. The lowest BCUT2D eigenvalue weighted by Crippen LogP contribution is -2.56. The van der Waals surface area contributed by atoms with Crippen LogP contribution in [0.4, 0.5) is 14.5 Å². The van der Waals surface area contributed by atoms with Gasteiger partial charge in [-0.3, -0.25) is 53.1 Å². The standard InChI is InChI=1S/C50H52F2N7O11P/c51-50(52,71(68,69)70)32-17-19-35-31(24-32)25-38(54-35)45(63)56-37-18-16-29-12-8-13-30-26-40(59(44(29)30)49(37)67)47(65)55-36(20-22-42(53)61)41(60)15-7-5-3-1-2-4-6-10-28-11-9-14-33-34(28)27-58(48(33)66)39-21-23-43(62)57-46(39)64/h8-9,11-14,17,19,24-25,36-37,39-40,54H,1-5,7,15-16,18,20-23,26-27H2,(H2,53,61)(H,55,65)(H,56,63)(H,57,62,64)(H2,68,69,70)/t36-,37-,39?,40-/m0/s1. The fourth-order valence-electron chi connectivity index (χ4n) is 9.77. The van der Waals surface area contributed by atoms with Crippen LogP contribution >= 0.6 is 7.60 Å². The number of aromatic nitrogens is 1. The average Bonchev–Trinajstić information content (AvgIpc) is 4.01. The minimum absolute atomic E-state index is 0.0488. The molecule has 1 fully saturated rings. The number of nitrogens with zero attached hydrogens (tertiary/aromatic N) is 2. The minimum atomic E-state index is -5.85. The molecule has 1 saturated heterocycles. The van der Waals surface area contributed by atoms with Gasteiger partial charge in [0.15, 0.2) is 5.78 Å². The number of fused-ring (bicyclic) bond motifs is 2. The summed E-state index contributed by atoms with van der Waals surface area (Å²) in [4.78, 5) is 129. The van der Waals surface area contributed by atoms with Gasteiger partial charge in [0.25, 0.3) is 11.8 Å². The van der Waals surface area contributed by atoms with Crippen molar-refractivity contribution in [3.63, 3.8) is 0 Å². The largest absolute Gasteiger partial charge is 0.399 e. The Hall–Kier alpha value is -7.07. The van der Waals surface area contributed by atoms with Crippen LogP contribution in [0.3, 0.4) is 0 Å². The van der Waals surface area contributed by atoms with Crippen molar-refractivity contribution in [2.75, 3.05) is 4.90 Å². The lowest BCUT2D eigenvalue weighted by atomic mass is 9.99. The van der Waals surface area contributed by atoms with E-state index >= 15 is 0 Å². The molecule has 71 heavy (non-hydrogen) atoms. The highest BCUT2D eigenvalue weighted by atomic mass is 31.2. The van der Waals surface area contributed by atoms with Gasteiger partial charge in [-0.1, -0.05) is 61.4 Å². The normalized spacial score (nSPS) is 19.1. The van der Waals surface area contributed by atoms with Gasteiger partial charge in [-0.15, -0.1) is 0 Å². The molecule has 4 atom stereocenters. The fourth-order valence-corrected chi connectivity index (χ4v) is 10.2. The molecule has 0 bridgehead atoms. The highest BCUT2D eigenvalue weighted by molar-refractivity contribution is 7.52. The lowest BCUT2D eigenvalue weighted by Gasteiger charge is -2.29. The molecule has 0 spiro atoms. The molecule has 0 radical (unpaired) electrons. The van der Waals surface area contributed by atoms with Crippen LogP contribution in [0, 0.1) is 11.8 Å². The number of unbranched alkanes of at least 4 members (excludes halogenated alkanes) is 5. The molecule has 3 aromatic carbocycles. The van der Waals surface area contributed by atoms with Crippen LogP contribution < -0.4 is 26.6 Å². The number of anilines is 1. The number of aryl methyl sites for hydroxylation is 1. The van der Waals surface area contributed by atoms with Gasteiger partial charge in [-0.2, -0.15) is 8.78 Å². The van der Waals surface area contributed by atoms with Crippen LogP contribution in [0.2, 0.25) is 0 Å². The molecule has 1 unspecified atom stereocenters. The van der Waals surface area contributed by atoms with E-state index in [1.54, 1.807) is 24.3 Å². The van der Waals surface area contributed by atoms with E-state index in [0.717, 1.165) is 48.6 Å². The van der Waals surface area contributed by atoms with E-state index in [9.17, 15) is 61.5 Å². The van der Waals surface area contributed by atoms with Gasteiger partial charge in [0.1, 0.15) is 23.8 Å². The van der Waals surface area contributed by atoms with Crippen LogP contribution in [0.15, 0.2) is 60.7 Å². The number of piperidine rings is 1. The first kappa shape index (κ1) is 50.3. The lowest BCUT2D eigenvalue weighted by molar-refractivity contribution is -0.137. The van der Waals surface area contributed by atoms with Crippen molar-refractivity contribution >= 4 is 71.3 Å². The summed E-state index contributed by atoms with van der Waals surface area (Å²) in [5.74, 6) is 2.32. The molecule has 7 amide bonds. The Morgan fingerprint density at radius 3 is 2.42 bits per heavy atom. The number of para-hydroxylation sites is 1. The van der Waals surface area contributed by atoms with Crippen molar-refractivity contribution in [3.05, 3.63) is 99.7 Å². The van der Waals surface area contributed by atoms with Crippen molar-refractivity contribution in [1.82, 2.24) is 25.8 Å². The van der Waals surface area contributed by atoms with Gasteiger partial charge < -0.3 is 36.0 Å². The number of primary amides is 1. The van der Waals surface area contributed by atoms with E-state index in [2.05, 4.69) is 32.8 Å². The summed E-state index contributed by atoms with van der Waals surface area (Å²) in [6.45, 7) is 0.234. The van der Waals surface area contributed by atoms with E-state index < -0.39 is 72.5 Å². The van der Waals surface area contributed by atoms with Crippen LogP contribution in [0.25, 0.3) is 10.9 Å². The van der Waals surface area contributed by atoms with Crippen LogP contribution in [-0.4, -0.2) is 91.0 Å². The molecular weight excluding hydrogens is 944 g/mol. The summed E-state index contributed by atoms with van der Waals surface area (Å²) in [5, 5.41) is 7.87. The third-order valence-electron chi connectivity index (χ3n) is 13.5. The average molecular weight is 996 g/mol. The highest BCUT2D eigenvalue weighted by Crippen LogP contribution is 2.59. The number of hydrogen-bond acceptors (Lipinski definition) is 9. The van der Waals surface area contributed by atoms with Crippen LogP contribution in [0.1, 0.15) is 126 Å². The molecule has 0 aliphatic carbocycles. The number of ketones is 1. The van der Waals surface area contributed by atoms with Gasteiger partial charge in [0.2, 0.25) is 29.5 Å². The van der Waals surface area contributed by atoms with E-state index in [-0.39, 0.29) is 85.7 Å². The summed E-state index contributed by atoms with van der Waals surface area (Å²) in [6.07, 6.45) is 5.18. The smallest absolute Gasteiger partial charge is 0.370 e. The van der Waals surface area contributed by atoms with Gasteiger partial charge >= 0.3 is 13.3 Å². The van der Waals surface area contributed by atoms with E-state index in [1.807, 2.05) is 12.1 Å². The number of amides is 7. The molecule has 8 N–H and O–H groups in total. The van der Waals surface area contributed by atoms with Gasteiger partial charge in [0.05, 0.1) is 11.7 Å². The maximum absolute atomic E-state index is 14.5. The molecule has 4 aromatic rings. The first-order valence-electron chi connectivity index (χ1n) is 23.5. The number of rotatable bonds is 18. The first-order valence-corrected chi connectivity index (χ1v) is 25.1. The summed E-state index contributed by atoms with van der Waals surface area (Å²) in [6, 6.07) is 10.8. The highest BCUT2D eigenvalue weighted by Gasteiger charge is 2.50. The summed E-state index contributed by atoms with van der Waals surface area (Å²) < 4.78 is 40.4. The number of Topliss-reactive ketones (excluding diaryl/α,β-unsaturated/α-hetero) is 1. The maximum Gasteiger partial charge on any atom is 0.399 e. The quantitative estimate of drug-likeness (QED) is 0.0320. The van der Waals surface area contributed by atoms with Crippen molar-refractivity contribution in [3.8, 4) is 11.8 Å². The summed E-state index contributed by atoms with van der Waals surface area (Å²) >= 11 is 0. The second-order valence-corrected chi connectivity index (χ2v) is 20.0. The van der Waals surface area contributed by atoms with Crippen molar-refractivity contribution in [1.29, 1.82) is 0 Å². The predicted molar refractivity (Wildman–Crippen MR) is 252 cm³/mol. The SMILES string of the molecule is NC(=O)CC[C@H](NC(=O)[C@@H]1Cc2cccc3c2N1C(=O)[C@@H](NC(=O)c1cc2cc(C(F)(F)P(=O)(O)O)ccc2[nH]1)CC3)C(=O)CCCCCCCC#Cc1cccc2c1CN(C1CCC(=O)NC1=O)C2=O. The Morgan fingerprint density at radius 1 is 0.915 bits per heavy atom.